The molecule has 0 aromatic carbocycles. The van der Waals surface area contributed by atoms with Gasteiger partial charge in [-0.05, 0) is 77.0 Å². The van der Waals surface area contributed by atoms with Crippen molar-refractivity contribution in [2.75, 3.05) is 0 Å². The van der Waals surface area contributed by atoms with E-state index in [9.17, 15) is 19.2 Å². The zero-order valence-electron chi connectivity index (χ0n) is 55.8. The number of hydrogen-bond donors (Lipinski definition) is 4. The summed E-state index contributed by atoms with van der Waals surface area (Å²) < 4.78 is 22.9. The van der Waals surface area contributed by atoms with Crippen LogP contribution in [0.2, 0.25) is 0 Å². The van der Waals surface area contributed by atoms with Gasteiger partial charge in [0.15, 0.2) is 0 Å². The fraction of sp³-hybridized carbons (Fsp3) is 0.944. The maximum Gasteiger partial charge on any atom is 0.303 e. The van der Waals surface area contributed by atoms with E-state index in [4.69, 9.17) is 39.4 Å². The number of carboxylic acid groups (broad SMARTS) is 4. The van der Waals surface area contributed by atoms with E-state index in [1.807, 2.05) is 0 Å². The minimum absolute atomic E-state index is 0. The van der Waals surface area contributed by atoms with E-state index >= 15 is 0 Å². The molecule has 500 valence electrons. The Morgan fingerprint density at radius 1 is 0.212 bits per heavy atom. The van der Waals surface area contributed by atoms with Crippen molar-refractivity contribution < 1.29 is 84.8 Å². The third-order valence-corrected chi connectivity index (χ3v) is 17.6. The molecule has 4 fully saturated rings. The van der Waals surface area contributed by atoms with Gasteiger partial charge in [-0.3, -0.25) is 19.2 Å². The topological polar surface area (TPSA) is 199 Å². The van der Waals surface area contributed by atoms with Gasteiger partial charge in [0.05, 0.1) is 48.8 Å². The van der Waals surface area contributed by atoms with Crippen LogP contribution in [0.15, 0.2) is 0 Å². The summed E-state index contributed by atoms with van der Waals surface area (Å²) in [6, 6.07) is 0. The van der Waals surface area contributed by atoms with Crippen molar-refractivity contribution in [2.45, 2.75) is 436 Å². The molecule has 8 unspecified atom stereocenters. The maximum absolute atomic E-state index is 10.4. The molecule has 0 aromatic heterocycles. The molecule has 0 spiro atoms. The van der Waals surface area contributed by atoms with E-state index in [1.54, 1.807) is 0 Å². The standard InChI is InChI=1S/4C18H34O3.Zr/c4*1-2-3-4-5-7-10-13-16-17(21-16)14-11-8-6-9-12-15-18(19)20;/h4*16-17H,2-15H2,1H3,(H,19,20);. The van der Waals surface area contributed by atoms with E-state index in [0.717, 1.165) is 51.4 Å². The van der Waals surface area contributed by atoms with E-state index in [1.165, 1.54) is 283 Å². The molecule has 0 aromatic rings. The Hall–Kier alpha value is -1.40. The van der Waals surface area contributed by atoms with E-state index in [0.29, 0.717) is 74.5 Å². The molecule has 0 bridgehead atoms. The summed E-state index contributed by atoms with van der Waals surface area (Å²) in [7, 11) is 0. The minimum Gasteiger partial charge on any atom is -0.481 e. The first kappa shape index (κ1) is 83.6. The van der Waals surface area contributed by atoms with E-state index in [-0.39, 0.29) is 26.2 Å². The third-order valence-electron chi connectivity index (χ3n) is 17.6. The van der Waals surface area contributed by atoms with Crippen LogP contribution < -0.4 is 0 Å². The Morgan fingerprint density at radius 3 is 0.459 bits per heavy atom. The fourth-order valence-corrected chi connectivity index (χ4v) is 11.9. The molecule has 0 saturated carbocycles. The van der Waals surface area contributed by atoms with Crippen LogP contribution in [-0.4, -0.2) is 93.1 Å². The second-order valence-electron chi connectivity index (χ2n) is 25.9. The zero-order chi connectivity index (χ0) is 61.4. The Labute approximate surface area is 541 Å². The van der Waals surface area contributed by atoms with E-state index < -0.39 is 23.9 Å². The van der Waals surface area contributed by atoms with Crippen molar-refractivity contribution in [2.24, 2.45) is 0 Å². The average molecular weight is 1290 g/mol. The van der Waals surface area contributed by atoms with Gasteiger partial charge in [0, 0.05) is 51.9 Å². The zero-order valence-corrected chi connectivity index (χ0v) is 58.2. The first-order valence-electron chi connectivity index (χ1n) is 36.4. The van der Waals surface area contributed by atoms with Crippen molar-refractivity contribution in [1.29, 1.82) is 0 Å². The van der Waals surface area contributed by atoms with Crippen molar-refractivity contribution >= 4 is 23.9 Å². The first-order chi connectivity index (χ1) is 40.9. The summed E-state index contributed by atoms with van der Waals surface area (Å²) in [5, 5.41) is 34.2. The molecule has 0 aliphatic carbocycles. The number of ether oxygens (including phenoxy) is 4. The molecule has 8 atom stereocenters. The number of epoxide rings is 4. The summed E-state index contributed by atoms with van der Waals surface area (Å²) in [5.74, 6) is -2.67. The van der Waals surface area contributed by atoms with Gasteiger partial charge in [-0.2, -0.15) is 0 Å². The van der Waals surface area contributed by atoms with Crippen LogP contribution in [-0.2, 0) is 64.3 Å². The summed E-state index contributed by atoms with van der Waals surface area (Å²) in [6.45, 7) is 9.03. The third kappa shape index (κ3) is 60.0. The van der Waals surface area contributed by atoms with Gasteiger partial charge in [-0.15, -0.1) is 0 Å². The molecule has 4 rings (SSSR count). The maximum atomic E-state index is 10.4. The van der Waals surface area contributed by atoms with Crippen molar-refractivity contribution in [3.8, 4) is 0 Å². The number of hydrogen-bond acceptors (Lipinski definition) is 8. The number of carboxylic acids is 4. The van der Waals surface area contributed by atoms with E-state index in [2.05, 4.69) is 27.7 Å². The van der Waals surface area contributed by atoms with Gasteiger partial charge in [0.1, 0.15) is 0 Å². The minimum atomic E-state index is -0.668. The normalized spacial score (nSPS) is 20.4. The summed E-state index contributed by atoms with van der Waals surface area (Å²) in [6.07, 6.45) is 70.4. The summed E-state index contributed by atoms with van der Waals surface area (Å²) in [5.41, 5.74) is 0. The van der Waals surface area contributed by atoms with Crippen LogP contribution in [0.25, 0.3) is 0 Å². The van der Waals surface area contributed by atoms with Gasteiger partial charge >= 0.3 is 23.9 Å². The second-order valence-corrected chi connectivity index (χ2v) is 25.9. The van der Waals surface area contributed by atoms with Gasteiger partial charge in [0.2, 0.25) is 0 Å². The van der Waals surface area contributed by atoms with Gasteiger partial charge in [0.25, 0.3) is 0 Å². The predicted octanol–water partition coefficient (Wildman–Crippen LogP) is 21.3. The molecule has 12 nitrogen and oxygen atoms in total. The molecular formula is C72H136O12Zr. The van der Waals surface area contributed by atoms with Crippen molar-refractivity contribution in [1.82, 2.24) is 0 Å². The molecule has 4 heterocycles. The van der Waals surface area contributed by atoms with Crippen molar-refractivity contribution in [3.63, 3.8) is 0 Å². The van der Waals surface area contributed by atoms with Crippen LogP contribution >= 0.6 is 0 Å². The number of rotatable bonds is 60. The van der Waals surface area contributed by atoms with Crippen LogP contribution in [0.3, 0.4) is 0 Å². The molecule has 4 saturated heterocycles. The Morgan fingerprint density at radius 2 is 0.329 bits per heavy atom. The Balaban J connectivity index is 0.00000110. The van der Waals surface area contributed by atoms with Crippen LogP contribution in [0.1, 0.15) is 387 Å². The average Bonchev–Trinajstić information content (AvgIpc) is 4.44. The molecule has 13 heteroatoms. The monoisotopic (exact) mass is 1280 g/mol. The van der Waals surface area contributed by atoms with Crippen LogP contribution in [0, 0.1) is 0 Å². The van der Waals surface area contributed by atoms with Crippen LogP contribution in [0.4, 0.5) is 0 Å². The van der Waals surface area contributed by atoms with Gasteiger partial charge in [-0.25, -0.2) is 0 Å². The largest absolute Gasteiger partial charge is 0.481 e. The molecule has 4 N–H and O–H groups in total. The summed E-state index contributed by atoms with van der Waals surface area (Å²) >= 11 is 0. The quantitative estimate of drug-likeness (QED) is 0.0332. The second kappa shape index (κ2) is 61.5. The fourth-order valence-electron chi connectivity index (χ4n) is 11.9. The first-order valence-corrected chi connectivity index (χ1v) is 36.4. The predicted molar refractivity (Wildman–Crippen MR) is 346 cm³/mol. The molecule has 85 heavy (non-hydrogen) atoms. The number of unbranched alkanes of at least 4 members (excludes halogenated alkanes) is 36. The van der Waals surface area contributed by atoms with Gasteiger partial charge < -0.3 is 39.4 Å². The Bertz CT molecular complexity index is 1280. The van der Waals surface area contributed by atoms with Gasteiger partial charge in [-0.1, -0.05) is 285 Å². The molecule has 0 radical (unpaired) electrons. The molecule has 4 aliphatic heterocycles. The van der Waals surface area contributed by atoms with Crippen LogP contribution in [0.5, 0.6) is 0 Å². The molecular weight excluding hydrogens is 1150 g/mol. The smallest absolute Gasteiger partial charge is 0.303 e. The SMILES string of the molecule is CCCCCCCCC1OC1CCCCCCCC(=O)O.CCCCCCCCC1OC1CCCCCCCC(=O)O.CCCCCCCCC1OC1CCCCCCCC(=O)O.CCCCCCCCC1OC1CCCCCCCC(=O)O.[Zr]. The summed E-state index contributed by atoms with van der Waals surface area (Å²) in [4.78, 5) is 41.5. The molecule has 0 amide bonds. The van der Waals surface area contributed by atoms with Crippen molar-refractivity contribution in [3.05, 3.63) is 0 Å². The molecule has 4 aliphatic rings. The Kier molecular flexibility index (Phi) is 60.5. The number of aliphatic carboxylic acids is 4. The number of carbonyl (C=O) groups is 4.